The van der Waals surface area contributed by atoms with Crippen LogP contribution < -0.4 is 0 Å². The van der Waals surface area contributed by atoms with Gasteiger partial charge in [-0.2, -0.15) is 0 Å². The molecule has 0 bridgehead atoms. The third kappa shape index (κ3) is 4.26. The Hall–Kier alpha value is -1.14. The Kier molecular flexibility index (Phi) is 5.24. The lowest BCUT2D eigenvalue weighted by Gasteiger charge is -1.94. The van der Waals surface area contributed by atoms with E-state index in [1.807, 2.05) is 13.8 Å². The van der Waals surface area contributed by atoms with Crippen LogP contribution in [0.3, 0.4) is 0 Å². The van der Waals surface area contributed by atoms with Gasteiger partial charge in [-0.3, -0.25) is 10.1 Å². The van der Waals surface area contributed by atoms with Gasteiger partial charge in [0.2, 0.25) is 0 Å². The van der Waals surface area contributed by atoms with Gasteiger partial charge in [0.1, 0.15) is 0 Å². The van der Waals surface area contributed by atoms with Gasteiger partial charge >= 0.3 is 0 Å². The van der Waals surface area contributed by atoms with Crippen LogP contribution in [0.5, 0.6) is 0 Å². The molecule has 0 aromatic heterocycles. The van der Waals surface area contributed by atoms with Gasteiger partial charge in [0, 0.05) is 22.8 Å². The fourth-order valence-corrected chi connectivity index (χ4v) is 1.50. The van der Waals surface area contributed by atoms with Gasteiger partial charge in [-0.25, -0.2) is 8.42 Å². The van der Waals surface area contributed by atoms with Crippen LogP contribution >= 0.6 is 10.7 Å². The van der Waals surface area contributed by atoms with Crippen LogP contribution in [0.2, 0.25) is 0 Å². The Labute approximate surface area is 92.3 Å². The minimum Gasteiger partial charge on any atom is -0.258 e. The second-order valence-electron chi connectivity index (χ2n) is 2.19. The molecule has 0 spiro atoms. The molecule has 0 aliphatic rings. The fraction of sp³-hybridized carbons (Fsp3) is 0.250. The largest absolute Gasteiger partial charge is 0.269 e. The van der Waals surface area contributed by atoms with E-state index in [0.29, 0.717) is 0 Å². The number of hydrogen-bond donors (Lipinski definition) is 0. The van der Waals surface area contributed by atoms with E-state index in [1.165, 1.54) is 0 Å². The van der Waals surface area contributed by atoms with E-state index < -0.39 is 14.0 Å². The Balaban J connectivity index is 0.000000921. The van der Waals surface area contributed by atoms with E-state index in [4.69, 9.17) is 10.7 Å². The molecule has 0 unspecified atom stereocenters. The molecule has 0 atom stereocenters. The van der Waals surface area contributed by atoms with Gasteiger partial charge < -0.3 is 0 Å². The number of benzene rings is 1. The Morgan fingerprint density at radius 1 is 1.20 bits per heavy atom. The zero-order valence-corrected chi connectivity index (χ0v) is 9.75. The number of nitrogens with zero attached hydrogens (tertiary/aromatic N) is 1. The Morgan fingerprint density at radius 2 is 1.60 bits per heavy atom. The summed E-state index contributed by atoms with van der Waals surface area (Å²) in [5.74, 6) is 0. The molecule has 15 heavy (non-hydrogen) atoms. The van der Waals surface area contributed by atoms with Crippen molar-refractivity contribution >= 4 is 25.4 Å². The molecular formula is C8H10ClNO4S. The SMILES string of the molecule is CC.O=[N+]([O-])c1ccc(S(=O)(=O)Cl)cc1. The van der Waals surface area contributed by atoms with Crippen LogP contribution in [-0.4, -0.2) is 13.3 Å². The molecule has 0 heterocycles. The maximum atomic E-state index is 10.7. The number of rotatable bonds is 2. The molecule has 1 aromatic rings. The highest BCUT2D eigenvalue weighted by molar-refractivity contribution is 8.13. The van der Waals surface area contributed by atoms with Crippen LogP contribution in [0.1, 0.15) is 13.8 Å². The van der Waals surface area contributed by atoms with Gasteiger partial charge in [0.25, 0.3) is 14.7 Å². The zero-order chi connectivity index (χ0) is 12.1. The molecular weight excluding hydrogens is 242 g/mol. The summed E-state index contributed by atoms with van der Waals surface area (Å²) in [5.41, 5.74) is -0.177. The average Bonchev–Trinajstić information content (AvgIpc) is 2.20. The topological polar surface area (TPSA) is 77.3 Å². The van der Waals surface area contributed by atoms with Crippen molar-refractivity contribution in [2.75, 3.05) is 0 Å². The smallest absolute Gasteiger partial charge is 0.258 e. The summed E-state index contributed by atoms with van der Waals surface area (Å²) in [6.45, 7) is 4.00. The van der Waals surface area contributed by atoms with Crippen LogP contribution in [0.4, 0.5) is 5.69 Å². The van der Waals surface area contributed by atoms with Crippen LogP contribution in [0, 0.1) is 10.1 Å². The zero-order valence-electron chi connectivity index (χ0n) is 8.18. The van der Waals surface area contributed by atoms with Gasteiger partial charge in [-0.05, 0) is 12.1 Å². The molecule has 0 N–H and O–H groups in total. The van der Waals surface area contributed by atoms with E-state index in [9.17, 15) is 18.5 Å². The summed E-state index contributed by atoms with van der Waals surface area (Å²) >= 11 is 0. The highest BCUT2D eigenvalue weighted by Gasteiger charge is 2.11. The van der Waals surface area contributed by atoms with E-state index in [2.05, 4.69) is 0 Å². The highest BCUT2D eigenvalue weighted by atomic mass is 35.7. The molecule has 1 rings (SSSR count). The molecule has 84 valence electrons. The summed E-state index contributed by atoms with van der Waals surface area (Å²) in [4.78, 5) is 9.41. The lowest BCUT2D eigenvalue weighted by atomic mass is 10.3. The van der Waals surface area contributed by atoms with Crippen molar-refractivity contribution in [1.82, 2.24) is 0 Å². The van der Waals surface area contributed by atoms with Crippen molar-refractivity contribution in [3.63, 3.8) is 0 Å². The summed E-state index contributed by atoms with van der Waals surface area (Å²) in [5, 5.41) is 10.2. The van der Waals surface area contributed by atoms with E-state index >= 15 is 0 Å². The summed E-state index contributed by atoms with van der Waals surface area (Å²) < 4.78 is 21.4. The maximum absolute atomic E-state index is 10.7. The number of hydrogen-bond acceptors (Lipinski definition) is 4. The number of nitro groups is 1. The number of halogens is 1. The second-order valence-corrected chi connectivity index (χ2v) is 4.75. The standard InChI is InChI=1S/C6H4ClNO4S.C2H6/c7-13(11,12)6-3-1-5(2-4-6)8(9)10;1-2/h1-4H;1-2H3. The van der Waals surface area contributed by atoms with Crippen LogP contribution in [0.25, 0.3) is 0 Å². The van der Waals surface area contributed by atoms with E-state index in [-0.39, 0.29) is 10.6 Å². The van der Waals surface area contributed by atoms with Crippen LogP contribution in [-0.2, 0) is 9.05 Å². The third-order valence-corrected chi connectivity index (χ3v) is 2.70. The minimum atomic E-state index is -3.80. The van der Waals surface area contributed by atoms with Gasteiger partial charge in [-0.15, -0.1) is 0 Å². The summed E-state index contributed by atoms with van der Waals surface area (Å²) in [7, 11) is 1.20. The molecule has 0 aliphatic carbocycles. The van der Waals surface area contributed by atoms with Gasteiger partial charge in [0.05, 0.1) is 9.82 Å². The number of non-ortho nitro benzene ring substituents is 1. The molecule has 7 heteroatoms. The summed E-state index contributed by atoms with van der Waals surface area (Å²) in [6, 6.07) is 4.32. The fourth-order valence-electron chi connectivity index (χ4n) is 0.730. The quantitative estimate of drug-likeness (QED) is 0.460. The second kappa shape index (κ2) is 5.67. The molecule has 1 aromatic carbocycles. The monoisotopic (exact) mass is 251 g/mol. The van der Waals surface area contributed by atoms with E-state index in [1.54, 1.807) is 0 Å². The first-order valence-electron chi connectivity index (χ1n) is 4.10. The van der Waals surface area contributed by atoms with Crippen molar-refractivity contribution in [3.8, 4) is 0 Å². The van der Waals surface area contributed by atoms with E-state index in [0.717, 1.165) is 24.3 Å². The Bertz CT molecular complexity index is 426. The maximum Gasteiger partial charge on any atom is 0.269 e. The minimum absolute atomic E-state index is 0.153. The van der Waals surface area contributed by atoms with Gasteiger partial charge in [0.15, 0.2) is 0 Å². The van der Waals surface area contributed by atoms with Crippen molar-refractivity contribution in [2.45, 2.75) is 18.7 Å². The van der Waals surface area contributed by atoms with Crippen molar-refractivity contribution in [1.29, 1.82) is 0 Å². The summed E-state index contributed by atoms with van der Waals surface area (Å²) in [6.07, 6.45) is 0. The first-order valence-corrected chi connectivity index (χ1v) is 6.41. The molecule has 0 saturated heterocycles. The molecule has 0 aliphatic heterocycles. The lowest BCUT2D eigenvalue weighted by molar-refractivity contribution is -0.384. The third-order valence-electron chi connectivity index (χ3n) is 1.33. The lowest BCUT2D eigenvalue weighted by Crippen LogP contribution is -1.92. The van der Waals surface area contributed by atoms with Crippen molar-refractivity contribution in [3.05, 3.63) is 34.4 Å². The van der Waals surface area contributed by atoms with Crippen molar-refractivity contribution in [2.24, 2.45) is 0 Å². The van der Waals surface area contributed by atoms with Crippen molar-refractivity contribution < 1.29 is 13.3 Å². The first-order chi connectivity index (χ1) is 6.91. The predicted molar refractivity (Wildman–Crippen MR) is 57.5 cm³/mol. The molecule has 0 radical (unpaired) electrons. The average molecular weight is 252 g/mol. The molecule has 5 nitrogen and oxygen atoms in total. The molecule has 0 saturated carbocycles. The first kappa shape index (κ1) is 13.9. The molecule has 0 fully saturated rings. The predicted octanol–water partition coefficient (Wildman–Crippen LogP) is 2.55. The molecule has 0 amide bonds. The number of nitro benzene ring substituents is 1. The highest BCUT2D eigenvalue weighted by Crippen LogP contribution is 2.18. The Morgan fingerprint density at radius 3 is 1.87 bits per heavy atom. The normalized spacial score (nSPS) is 10.1. The van der Waals surface area contributed by atoms with Gasteiger partial charge in [-0.1, -0.05) is 13.8 Å². The van der Waals surface area contributed by atoms with Crippen LogP contribution in [0.15, 0.2) is 29.2 Å².